The monoisotopic (exact) mass is 445 g/mol. The molecular formula is C20H27N7O3S. The molecule has 3 aromatic heterocycles. The molecule has 0 saturated carbocycles. The van der Waals surface area contributed by atoms with Gasteiger partial charge in [-0.1, -0.05) is 20.8 Å². The lowest BCUT2D eigenvalue weighted by Crippen LogP contribution is -2.21. The second-order valence-electron chi connectivity index (χ2n) is 9.17. The second-order valence-corrected chi connectivity index (χ2v) is 11.4. The number of hydrogen-bond donors (Lipinski definition) is 1. The van der Waals surface area contributed by atoms with E-state index in [0.717, 1.165) is 17.1 Å². The van der Waals surface area contributed by atoms with Gasteiger partial charge in [0.25, 0.3) is 5.78 Å². The third kappa shape index (κ3) is 4.46. The van der Waals surface area contributed by atoms with E-state index in [4.69, 9.17) is 0 Å². The van der Waals surface area contributed by atoms with Crippen molar-refractivity contribution < 1.29 is 13.2 Å². The molecule has 1 atom stereocenters. The molecule has 1 saturated heterocycles. The van der Waals surface area contributed by atoms with Gasteiger partial charge in [-0.3, -0.25) is 4.79 Å². The largest absolute Gasteiger partial charge is 0.310 e. The number of nitrogens with one attached hydrogen (secondary N) is 1. The lowest BCUT2D eigenvalue weighted by molar-refractivity contribution is -0.115. The van der Waals surface area contributed by atoms with Crippen LogP contribution in [0.25, 0.3) is 5.78 Å². The smallest absolute Gasteiger partial charge is 0.252 e. The molecule has 0 spiro atoms. The molecule has 10 nitrogen and oxygen atoms in total. The molecule has 31 heavy (non-hydrogen) atoms. The predicted octanol–water partition coefficient (Wildman–Crippen LogP) is 1.78. The zero-order valence-corrected chi connectivity index (χ0v) is 19.2. The van der Waals surface area contributed by atoms with Crippen LogP contribution in [0.15, 0.2) is 12.1 Å². The first-order valence-electron chi connectivity index (χ1n) is 10.2. The van der Waals surface area contributed by atoms with Crippen molar-refractivity contribution in [1.82, 2.24) is 29.4 Å². The van der Waals surface area contributed by atoms with E-state index in [1.807, 2.05) is 46.8 Å². The van der Waals surface area contributed by atoms with E-state index < -0.39 is 9.84 Å². The van der Waals surface area contributed by atoms with Crippen molar-refractivity contribution in [2.45, 2.75) is 58.9 Å². The lowest BCUT2D eigenvalue weighted by atomic mass is 9.92. The van der Waals surface area contributed by atoms with Crippen LogP contribution in [0.1, 0.15) is 56.1 Å². The van der Waals surface area contributed by atoms with Gasteiger partial charge in [0.1, 0.15) is 5.82 Å². The number of aromatic nitrogens is 6. The Bertz CT molecular complexity index is 1270. The molecule has 4 heterocycles. The number of carbonyl (C=O) groups is 1. The highest BCUT2D eigenvalue weighted by Crippen LogP contribution is 2.30. The van der Waals surface area contributed by atoms with Gasteiger partial charge in [0.2, 0.25) is 5.91 Å². The zero-order valence-electron chi connectivity index (χ0n) is 18.4. The van der Waals surface area contributed by atoms with Gasteiger partial charge in [-0.05, 0) is 26.3 Å². The molecule has 0 aromatic carbocycles. The minimum Gasteiger partial charge on any atom is -0.310 e. The van der Waals surface area contributed by atoms with E-state index >= 15 is 0 Å². The molecule has 1 aliphatic rings. The molecule has 4 rings (SSSR count). The van der Waals surface area contributed by atoms with Crippen molar-refractivity contribution in [2.24, 2.45) is 0 Å². The summed E-state index contributed by atoms with van der Waals surface area (Å²) in [5, 5.41) is 11.9. The Morgan fingerprint density at radius 1 is 1.19 bits per heavy atom. The molecule has 0 radical (unpaired) electrons. The van der Waals surface area contributed by atoms with E-state index in [2.05, 4.69) is 25.5 Å². The molecule has 1 N–H and O–H groups in total. The Balaban J connectivity index is 1.59. The van der Waals surface area contributed by atoms with Crippen LogP contribution in [-0.4, -0.2) is 55.2 Å². The first kappa shape index (κ1) is 21.4. The van der Waals surface area contributed by atoms with Crippen molar-refractivity contribution in [1.29, 1.82) is 0 Å². The number of fused-ring (bicyclic) bond motifs is 1. The zero-order chi connectivity index (χ0) is 22.6. The summed E-state index contributed by atoms with van der Waals surface area (Å²) in [4.78, 5) is 21.5. The van der Waals surface area contributed by atoms with E-state index in [0.29, 0.717) is 23.8 Å². The van der Waals surface area contributed by atoms with Crippen LogP contribution >= 0.6 is 0 Å². The molecule has 166 valence electrons. The van der Waals surface area contributed by atoms with Gasteiger partial charge in [-0.25, -0.2) is 22.6 Å². The first-order valence-corrected chi connectivity index (χ1v) is 12.0. The van der Waals surface area contributed by atoms with E-state index in [9.17, 15) is 13.2 Å². The minimum atomic E-state index is -3.09. The second kappa shape index (κ2) is 7.40. The van der Waals surface area contributed by atoms with Gasteiger partial charge in [-0.2, -0.15) is 10.1 Å². The van der Waals surface area contributed by atoms with Crippen LogP contribution in [0.2, 0.25) is 0 Å². The number of anilines is 1. The van der Waals surface area contributed by atoms with Crippen molar-refractivity contribution in [3.63, 3.8) is 0 Å². The van der Waals surface area contributed by atoms with Crippen molar-refractivity contribution in [2.75, 3.05) is 16.8 Å². The van der Waals surface area contributed by atoms with Gasteiger partial charge in [0, 0.05) is 22.9 Å². The summed E-state index contributed by atoms with van der Waals surface area (Å²) in [7, 11) is -3.09. The van der Waals surface area contributed by atoms with Crippen molar-refractivity contribution in [3.8, 4) is 0 Å². The highest BCUT2D eigenvalue weighted by atomic mass is 32.2. The fourth-order valence-corrected chi connectivity index (χ4v) is 5.41. The van der Waals surface area contributed by atoms with Gasteiger partial charge in [0.05, 0.1) is 29.7 Å². The Morgan fingerprint density at radius 3 is 2.58 bits per heavy atom. The highest BCUT2D eigenvalue weighted by molar-refractivity contribution is 7.91. The van der Waals surface area contributed by atoms with Crippen LogP contribution in [-0.2, 0) is 26.5 Å². The van der Waals surface area contributed by atoms with E-state index in [-0.39, 0.29) is 35.3 Å². The average molecular weight is 446 g/mol. The van der Waals surface area contributed by atoms with Gasteiger partial charge < -0.3 is 5.32 Å². The molecule has 1 aliphatic heterocycles. The Labute approximate surface area is 181 Å². The van der Waals surface area contributed by atoms with Crippen LogP contribution in [0.3, 0.4) is 0 Å². The summed E-state index contributed by atoms with van der Waals surface area (Å²) >= 11 is 0. The minimum absolute atomic E-state index is 0.0269. The molecular weight excluding hydrogens is 418 g/mol. The fraction of sp³-hybridized carbons (Fsp3) is 0.550. The SMILES string of the molecule is Cc1cc(C)n2nc(CC(=O)Nc3cc(C(C)(C)C)nn3[C@@H]3CCS(=O)(=O)C3)nc2n1. The summed E-state index contributed by atoms with van der Waals surface area (Å²) in [6.45, 7) is 9.85. The topological polar surface area (TPSA) is 124 Å². The third-order valence-electron chi connectivity index (χ3n) is 5.31. The summed E-state index contributed by atoms with van der Waals surface area (Å²) in [5.74, 6) is 1.17. The summed E-state index contributed by atoms with van der Waals surface area (Å²) < 4.78 is 27.2. The van der Waals surface area contributed by atoms with Crippen LogP contribution in [0.4, 0.5) is 5.82 Å². The summed E-state index contributed by atoms with van der Waals surface area (Å²) in [5.41, 5.74) is 2.26. The molecule has 1 amide bonds. The van der Waals surface area contributed by atoms with Crippen LogP contribution in [0.5, 0.6) is 0 Å². The van der Waals surface area contributed by atoms with Gasteiger partial charge in [-0.15, -0.1) is 5.10 Å². The molecule has 0 aliphatic carbocycles. The Kier molecular flexibility index (Phi) is 5.11. The molecule has 0 bridgehead atoms. The average Bonchev–Trinajstić information content (AvgIpc) is 3.31. The highest BCUT2D eigenvalue weighted by Gasteiger charge is 2.33. The van der Waals surface area contributed by atoms with E-state index in [1.54, 1.807) is 9.20 Å². The first-order chi connectivity index (χ1) is 14.4. The number of nitrogens with zero attached hydrogens (tertiary/aromatic N) is 6. The van der Waals surface area contributed by atoms with Crippen molar-refractivity contribution in [3.05, 3.63) is 35.0 Å². The normalized spacial score (nSPS) is 18.5. The summed E-state index contributed by atoms with van der Waals surface area (Å²) in [6, 6.07) is 3.42. The lowest BCUT2D eigenvalue weighted by Gasteiger charge is -2.15. The van der Waals surface area contributed by atoms with Crippen molar-refractivity contribution >= 4 is 27.3 Å². The predicted molar refractivity (Wildman–Crippen MR) is 116 cm³/mol. The maximum atomic E-state index is 12.8. The molecule has 1 fully saturated rings. The number of hydrogen-bond acceptors (Lipinski definition) is 7. The fourth-order valence-electron chi connectivity index (χ4n) is 3.71. The maximum Gasteiger partial charge on any atom is 0.252 e. The standard InChI is InChI=1S/C20H27N7O3S/c1-12-8-13(2)26-19(21-12)22-16(25-26)10-18(28)23-17-9-15(20(3,4)5)24-27(17)14-6-7-31(29,30)11-14/h8-9,14H,6-7,10-11H2,1-5H3,(H,23,28)/t14-/m1/s1. The Hall–Kier alpha value is -2.82. The number of rotatable bonds is 4. The maximum absolute atomic E-state index is 12.8. The third-order valence-corrected chi connectivity index (χ3v) is 7.06. The number of sulfone groups is 1. The molecule has 11 heteroatoms. The molecule has 3 aromatic rings. The summed E-state index contributed by atoms with van der Waals surface area (Å²) in [6.07, 6.45) is 0.454. The van der Waals surface area contributed by atoms with Gasteiger partial charge in [0.15, 0.2) is 15.7 Å². The number of amides is 1. The Morgan fingerprint density at radius 2 is 1.94 bits per heavy atom. The molecule has 0 unspecified atom stereocenters. The van der Waals surface area contributed by atoms with Crippen LogP contribution < -0.4 is 5.32 Å². The number of aryl methyl sites for hydroxylation is 2. The van der Waals surface area contributed by atoms with Gasteiger partial charge >= 0.3 is 0 Å². The van der Waals surface area contributed by atoms with E-state index in [1.165, 1.54) is 0 Å². The van der Waals surface area contributed by atoms with Crippen LogP contribution in [0, 0.1) is 13.8 Å². The number of carbonyl (C=O) groups excluding carboxylic acids is 1. The quantitative estimate of drug-likeness (QED) is 0.649.